The molecule has 21 heavy (non-hydrogen) atoms. The summed E-state index contributed by atoms with van der Waals surface area (Å²) in [5.74, 6) is -0.0930. The summed E-state index contributed by atoms with van der Waals surface area (Å²) in [7, 11) is 0. The normalized spacial score (nSPS) is 12.9. The van der Waals surface area contributed by atoms with Crippen molar-refractivity contribution in [3.05, 3.63) is 64.1 Å². The number of allylic oxidation sites excluding steroid dienone is 5. The number of aromatic nitrogens is 1. The first kappa shape index (κ1) is 16.7. The van der Waals surface area contributed by atoms with E-state index >= 15 is 0 Å². The van der Waals surface area contributed by atoms with Crippen LogP contribution in [-0.2, 0) is 4.79 Å². The number of carbonyl (C=O) groups excluding carboxylic acids is 1. The maximum absolute atomic E-state index is 11.9. The Morgan fingerprint density at radius 1 is 1.57 bits per heavy atom. The van der Waals surface area contributed by atoms with E-state index in [0.717, 1.165) is 6.29 Å². The van der Waals surface area contributed by atoms with Crippen molar-refractivity contribution in [3.63, 3.8) is 0 Å². The molecule has 1 atom stereocenters. The van der Waals surface area contributed by atoms with Crippen LogP contribution in [-0.4, -0.2) is 17.5 Å². The van der Waals surface area contributed by atoms with Gasteiger partial charge in [-0.15, -0.1) is 11.8 Å². The Morgan fingerprint density at radius 3 is 2.81 bits per heavy atom. The molecule has 0 amide bonds. The molecule has 0 fully saturated rings. The zero-order valence-corrected chi connectivity index (χ0v) is 12.7. The SMILES string of the molecule is C=C/C=C(C=O)\C=C/C(C)c1cc(SC)c(C#N)c(=O)[nH]1. The Bertz CT molecular complexity index is 693. The monoisotopic (exact) mass is 300 g/mol. The minimum Gasteiger partial charge on any atom is -0.324 e. The standard InChI is InChI=1S/C16H16N2O2S/c1-4-5-12(10-19)7-6-11(2)14-8-15(21-3)13(9-17)16(20)18-14/h4-8,10-11H,1H2,2-3H3,(H,18,20)/b7-6-,12-5+. The fraction of sp³-hybridized carbons (Fsp3) is 0.188. The zero-order valence-electron chi connectivity index (χ0n) is 11.9. The predicted molar refractivity (Wildman–Crippen MR) is 85.5 cm³/mol. The second kappa shape index (κ2) is 8.08. The number of aromatic amines is 1. The summed E-state index contributed by atoms with van der Waals surface area (Å²) in [6.45, 7) is 5.43. The lowest BCUT2D eigenvalue weighted by Crippen LogP contribution is -2.14. The second-order valence-electron chi connectivity index (χ2n) is 4.28. The van der Waals surface area contributed by atoms with Gasteiger partial charge < -0.3 is 4.98 Å². The molecular formula is C16H16N2O2S. The molecule has 1 aromatic heterocycles. The summed E-state index contributed by atoms with van der Waals surface area (Å²) < 4.78 is 0. The van der Waals surface area contributed by atoms with Gasteiger partial charge in [-0.25, -0.2) is 0 Å². The van der Waals surface area contributed by atoms with E-state index < -0.39 is 5.56 Å². The number of nitrogens with one attached hydrogen (secondary N) is 1. The van der Waals surface area contributed by atoms with Gasteiger partial charge in [0.1, 0.15) is 17.9 Å². The Hall–Kier alpha value is -2.32. The van der Waals surface area contributed by atoms with Crippen molar-refractivity contribution in [3.8, 4) is 6.07 Å². The van der Waals surface area contributed by atoms with E-state index in [1.165, 1.54) is 17.8 Å². The first-order chi connectivity index (χ1) is 10.1. The molecule has 1 rings (SSSR count). The molecule has 0 aromatic carbocycles. The number of pyridine rings is 1. The number of H-pyrrole nitrogens is 1. The van der Waals surface area contributed by atoms with Gasteiger partial charge in [-0.1, -0.05) is 37.8 Å². The van der Waals surface area contributed by atoms with Gasteiger partial charge in [0.05, 0.1) is 0 Å². The number of nitriles is 1. The first-order valence-corrected chi connectivity index (χ1v) is 7.47. The molecule has 0 aliphatic rings. The molecular weight excluding hydrogens is 284 g/mol. The van der Waals surface area contributed by atoms with Crippen molar-refractivity contribution in [1.82, 2.24) is 4.98 Å². The highest BCUT2D eigenvalue weighted by Gasteiger charge is 2.11. The maximum atomic E-state index is 11.9. The third-order valence-corrected chi connectivity index (χ3v) is 3.63. The minimum atomic E-state index is -0.392. The third-order valence-electron chi connectivity index (χ3n) is 2.86. The number of hydrogen-bond acceptors (Lipinski definition) is 4. The maximum Gasteiger partial charge on any atom is 0.267 e. The van der Waals surface area contributed by atoms with Crippen LogP contribution in [0.1, 0.15) is 24.1 Å². The highest BCUT2D eigenvalue weighted by Crippen LogP contribution is 2.22. The van der Waals surface area contributed by atoms with Crippen LogP contribution in [0.15, 0.2) is 52.2 Å². The van der Waals surface area contributed by atoms with Crippen LogP contribution in [0.5, 0.6) is 0 Å². The van der Waals surface area contributed by atoms with Crippen molar-refractivity contribution >= 4 is 18.0 Å². The molecule has 108 valence electrons. The fourth-order valence-corrected chi connectivity index (χ4v) is 2.28. The summed E-state index contributed by atoms with van der Waals surface area (Å²) in [5.41, 5.74) is 0.931. The summed E-state index contributed by atoms with van der Waals surface area (Å²) >= 11 is 1.36. The number of rotatable bonds is 6. The van der Waals surface area contributed by atoms with E-state index in [1.54, 1.807) is 18.2 Å². The van der Waals surface area contributed by atoms with Crippen LogP contribution in [0.4, 0.5) is 0 Å². The van der Waals surface area contributed by atoms with Gasteiger partial charge in [0.15, 0.2) is 0 Å². The molecule has 0 spiro atoms. The van der Waals surface area contributed by atoms with Crippen molar-refractivity contribution in [2.75, 3.05) is 6.26 Å². The van der Waals surface area contributed by atoms with Crippen LogP contribution in [0, 0.1) is 11.3 Å². The predicted octanol–water partition coefficient (Wildman–Crippen LogP) is 2.94. The molecule has 0 aliphatic carbocycles. The average molecular weight is 300 g/mol. The highest BCUT2D eigenvalue weighted by atomic mass is 32.2. The molecule has 1 N–H and O–H groups in total. The van der Waals surface area contributed by atoms with Gasteiger partial charge in [0.25, 0.3) is 5.56 Å². The molecule has 0 saturated heterocycles. The number of hydrogen-bond donors (Lipinski definition) is 1. The van der Waals surface area contributed by atoms with Gasteiger partial charge in [-0.05, 0) is 12.3 Å². The number of aldehydes is 1. The van der Waals surface area contributed by atoms with Crippen LogP contribution in [0.2, 0.25) is 0 Å². The Kier molecular flexibility index (Phi) is 6.44. The van der Waals surface area contributed by atoms with Crippen molar-refractivity contribution in [1.29, 1.82) is 5.26 Å². The molecule has 0 bridgehead atoms. The van der Waals surface area contributed by atoms with Gasteiger partial charge in [-0.2, -0.15) is 5.26 Å². The lowest BCUT2D eigenvalue weighted by atomic mass is 10.0. The summed E-state index contributed by atoms with van der Waals surface area (Å²) in [5, 5.41) is 8.97. The lowest BCUT2D eigenvalue weighted by Gasteiger charge is -2.09. The van der Waals surface area contributed by atoms with E-state index in [0.29, 0.717) is 16.2 Å². The van der Waals surface area contributed by atoms with Gasteiger partial charge in [0.2, 0.25) is 0 Å². The number of carbonyl (C=O) groups is 1. The molecule has 5 heteroatoms. The van der Waals surface area contributed by atoms with E-state index in [9.17, 15) is 9.59 Å². The van der Waals surface area contributed by atoms with Crippen molar-refractivity contribution in [2.24, 2.45) is 0 Å². The highest BCUT2D eigenvalue weighted by molar-refractivity contribution is 7.98. The molecule has 0 aliphatic heterocycles. The van der Waals surface area contributed by atoms with E-state index in [-0.39, 0.29) is 11.5 Å². The van der Waals surface area contributed by atoms with Crippen molar-refractivity contribution < 1.29 is 4.79 Å². The topological polar surface area (TPSA) is 73.7 Å². The van der Waals surface area contributed by atoms with Crippen LogP contribution >= 0.6 is 11.8 Å². The molecule has 1 aromatic rings. The fourth-order valence-electron chi connectivity index (χ4n) is 1.70. The lowest BCUT2D eigenvalue weighted by molar-refractivity contribution is -0.104. The molecule has 0 saturated carbocycles. The van der Waals surface area contributed by atoms with Gasteiger partial charge in [0, 0.05) is 22.1 Å². The average Bonchev–Trinajstić information content (AvgIpc) is 2.49. The van der Waals surface area contributed by atoms with Crippen LogP contribution in [0.3, 0.4) is 0 Å². The summed E-state index contributed by atoms with van der Waals surface area (Å²) in [6.07, 6.45) is 9.18. The number of thioether (sulfide) groups is 1. The second-order valence-corrected chi connectivity index (χ2v) is 5.13. The van der Waals surface area contributed by atoms with Crippen LogP contribution in [0.25, 0.3) is 0 Å². The Labute approximate surface area is 127 Å². The quantitative estimate of drug-likeness (QED) is 0.379. The Balaban J connectivity index is 3.15. The van der Waals surface area contributed by atoms with Gasteiger partial charge >= 0.3 is 0 Å². The van der Waals surface area contributed by atoms with E-state index in [4.69, 9.17) is 5.26 Å². The molecule has 1 heterocycles. The molecule has 0 radical (unpaired) electrons. The molecule has 1 unspecified atom stereocenters. The largest absolute Gasteiger partial charge is 0.324 e. The van der Waals surface area contributed by atoms with Crippen LogP contribution < -0.4 is 5.56 Å². The van der Waals surface area contributed by atoms with E-state index in [1.807, 2.05) is 25.3 Å². The van der Waals surface area contributed by atoms with Gasteiger partial charge in [-0.3, -0.25) is 9.59 Å². The molecule has 4 nitrogen and oxygen atoms in total. The first-order valence-electron chi connectivity index (χ1n) is 6.24. The minimum absolute atomic E-state index is 0.0930. The summed E-state index contributed by atoms with van der Waals surface area (Å²) in [6, 6.07) is 3.70. The Morgan fingerprint density at radius 2 is 2.29 bits per heavy atom. The summed E-state index contributed by atoms with van der Waals surface area (Å²) in [4.78, 5) is 26.0. The number of nitrogens with zero attached hydrogens (tertiary/aromatic N) is 1. The van der Waals surface area contributed by atoms with E-state index in [2.05, 4.69) is 11.6 Å². The third kappa shape index (κ3) is 4.33. The zero-order chi connectivity index (χ0) is 15.8. The van der Waals surface area contributed by atoms with Crippen molar-refractivity contribution in [2.45, 2.75) is 17.7 Å². The smallest absolute Gasteiger partial charge is 0.267 e.